The number of carbonyl (C=O) groups is 1. The Hall–Kier alpha value is -1.74. The van der Waals surface area contributed by atoms with E-state index in [1.54, 1.807) is 0 Å². The molecule has 3 rings (SSSR count). The van der Waals surface area contributed by atoms with E-state index in [1.807, 2.05) is 28.8 Å². The van der Waals surface area contributed by atoms with Crippen molar-refractivity contribution in [3.8, 4) is 0 Å². The molecule has 1 saturated heterocycles. The standard InChI is InChI=1S/C21H25NOS/c1-16-3-9-20(10-4-16)24-15-18-5-7-19(8-6-18)21(23)22-13-11-17(2)12-14-22/h3-10,17H,11-15H2,1-2H3. The molecule has 126 valence electrons. The van der Waals surface area contributed by atoms with Crippen molar-refractivity contribution in [2.24, 2.45) is 5.92 Å². The topological polar surface area (TPSA) is 20.3 Å². The summed E-state index contributed by atoms with van der Waals surface area (Å²) in [7, 11) is 0. The molecule has 1 amide bonds. The summed E-state index contributed by atoms with van der Waals surface area (Å²) in [5.41, 5.74) is 3.35. The Morgan fingerprint density at radius 1 is 1.04 bits per heavy atom. The lowest BCUT2D eigenvalue weighted by Crippen LogP contribution is -2.37. The molecule has 0 spiro atoms. The summed E-state index contributed by atoms with van der Waals surface area (Å²) >= 11 is 1.83. The third-order valence-corrected chi connectivity index (χ3v) is 5.78. The summed E-state index contributed by atoms with van der Waals surface area (Å²) in [4.78, 5) is 15.8. The molecule has 24 heavy (non-hydrogen) atoms. The largest absolute Gasteiger partial charge is 0.339 e. The molecule has 0 N–H and O–H groups in total. The monoisotopic (exact) mass is 339 g/mol. The zero-order valence-electron chi connectivity index (χ0n) is 14.5. The molecule has 1 aliphatic heterocycles. The van der Waals surface area contributed by atoms with E-state index in [9.17, 15) is 4.79 Å². The van der Waals surface area contributed by atoms with Gasteiger partial charge in [-0.25, -0.2) is 0 Å². The fourth-order valence-corrected chi connectivity index (χ4v) is 3.79. The van der Waals surface area contributed by atoms with Gasteiger partial charge in [-0.1, -0.05) is 36.8 Å². The average molecular weight is 340 g/mol. The van der Waals surface area contributed by atoms with E-state index in [-0.39, 0.29) is 5.91 Å². The Labute approximate surface area is 149 Å². The second-order valence-corrected chi connectivity index (χ2v) is 7.82. The molecule has 0 saturated carbocycles. The van der Waals surface area contributed by atoms with E-state index in [0.29, 0.717) is 0 Å². The fourth-order valence-electron chi connectivity index (χ4n) is 2.94. The van der Waals surface area contributed by atoms with Gasteiger partial charge in [0.05, 0.1) is 0 Å². The van der Waals surface area contributed by atoms with E-state index < -0.39 is 0 Å². The van der Waals surface area contributed by atoms with Gasteiger partial charge in [0.2, 0.25) is 0 Å². The first-order valence-electron chi connectivity index (χ1n) is 8.69. The lowest BCUT2D eigenvalue weighted by molar-refractivity contribution is 0.0697. The van der Waals surface area contributed by atoms with Crippen LogP contribution in [0, 0.1) is 12.8 Å². The Kier molecular flexibility index (Phi) is 5.62. The van der Waals surface area contributed by atoms with E-state index >= 15 is 0 Å². The Morgan fingerprint density at radius 2 is 1.67 bits per heavy atom. The number of carbonyl (C=O) groups excluding carboxylic acids is 1. The quantitative estimate of drug-likeness (QED) is 0.717. The van der Waals surface area contributed by atoms with Crippen LogP contribution in [0.4, 0.5) is 0 Å². The number of benzene rings is 2. The van der Waals surface area contributed by atoms with Gasteiger partial charge >= 0.3 is 0 Å². The second-order valence-electron chi connectivity index (χ2n) is 6.77. The highest BCUT2D eigenvalue weighted by Crippen LogP contribution is 2.24. The van der Waals surface area contributed by atoms with Crippen LogP contribution in [0.25, 0.3) is 0 Å². The van der Waals surface area contributed by atoms with Gasteiger partial charge in [0.25, 0.3) is 5.91 Å². The number of nitrogens with zero attached hydrogens (tertiary/aromatic N) is 1. The van der Waals surface area contributed by atoms with Crippen molar-refractivity contribution in [1.82, 2.24) is 4.90 Å². The molecule has 0 unspecified atom stereocenters. The van der Waals surface area contributed by atoms with Gasteiger partial charge in [0.1, 0.15) is 0 Å². The molecule has 1 aliphatic rings. The molecule has 0 bridgehead atoms. The zero-order chi connectivity index (χ0) is 16.9. The Balaban J connectivity index is 1.56. The van der Waals surface area contributed by atoms with Crippen LogP contribution in [-0.2, 0) is 5.75 Å². The number of piperidine rings is 1. The third-order valence-electron chi connectivity index (χ3n) is 4.70. The molecule has 3 heteroatoms. The van der Waals surface area contributed by atoms with Crippen molar-refractivity contribution in [3.63, 3.8) is 0 Å². The van der Waals surface area contributed by atoms with E-state index in [1.165, 1.54) is 16.0 Å². The van der Waals surface area contributed by atoms with E-state index in [2.05, 4.69) is 50.2 Å². The van der Waals surface area contributed by atoms with Gasteiger partial charge in [-0.05, 0) is 55.5 Å². The van der Waals surface area contributed by atoms with Gasteiger partial charge in [-0.15, -0.1) is 11.8 Å². The van der Waals surface area contributed by atoms with Crippen LogP contribution in [0.5, 0.6) is 0 Å². The predicted molar refractivity (Wildman–Crippen MR) is 101 cm³/mol. The maximum Gasteiger partial charge on any atom is 0.253 e. The highest BCUT2D eigenvalue weighted by Gasteiger charge is 2.21. The van der Waals surface area contributed by atoms with Crippen molar-refractivity contribution in [2.75, 3.05) is 13.1 Å². The molecule has 2 aromatic carbocycles. The zero-order valence-corrected chi connectivity index (χ0v) is 15.3. The van der Waals surface area contributed by atoms with E-state index in [4.69, 9.17) is 0 Å². The van der Waals surface area contributed by atoms with Gasteiger partial charge in [0.15, 0.2) is 0 Å². The third kappa shape index (κ3) is 4.41. The number of amides is 1. The van der Waals surface area contributed by atoms with Gasteiger partial charge < -0.3 is 4.90 Å². The molecule has 2 nitrogen and oxygen atoms in total. The minimum absolute atomic E-state index is 0.180. The Morgan fingerprint density at radius 3 is 2.29 bits per heavy atom. The lowest BCUT2D eigenvalue weighted by atomic mass is 9.98. The summed E-state index contributed by atoms with van der Waals surface area (Å²) in [6.45, 7) is 6.16. The Bertz CT molecular complexity index is 670. The highest BCUT2D eigenvalue weighted by molar-refractivity contribution is 7.98. The first-order chi connectivity index (χ1) is 11.6. The molecule has 0 aliphatic carbocycles. The lowest BCUT2D eigenvalue weighted by Gasteiger charge is -2.30. The normalized spacial score (nSPS) is 15.5. The number of likely N-dealkylation sites (tertiary alicyclic amines) is 1. The summed E-state index contributed by atoms with van der Waals surface area (Å²) in [5, 5.41) is 0. The first kappa shape index (κ1) is 17.1. The van der Waals surface area contributed by atoms with Crippen molar-refractivity contribution >= 4 is 17.7 Å². The van der Waals surface area contributed by atoms with Gasteiger partial charge in [0, 0.05) is 29.3 Å². The molecule has 0 radical (unpaired) electrons. The molecule has 1 fully saturated rings. The van der Waals surface area contributed by atoms with Gasteiger partial charge in [-0.2, -0.15) is 0 Å². The van der Waals surface area contributed by atoms with Crippen molar-refractivity contribution < 1.29 is 4.79 Å². The van der Waals surface area contributed by atoms with Crippen molar-refractivity contribution in [2.45, 2.75) is 37.3 Å². The van der Waals surface area contributed by atoms with Crippen LogP contribution < -0.4 is 0 Å². The maximum absolute atomic E-state index is 12.5. The number of hydrogen-bond donors (Lipinski definition) is 0. The van der Waals surface area contributed by atoms with Crippen molar-refractivity contribution in [3.05, 3.63) is 65.2 Å². The SMILES string of the molecule is Cc1ccc(SCc2ccc(C(=O)N3CCC(C)CC3)cc2)cc1. The predicted octanol–water partition coefficient (Wildman–Crippen LogP) is 5.16. The maximum atomic E-state index is 12.5. The minimum atomic E-state index is 0.180. The van der Waals surface area contributed by atoms with Crippen LogP contribution in [0.3, 0.4) is 0 Å². The fraction of sp³-hybridized carbons (Fsp3) is 0.381. The highest BCUT2D eigenvalue weighted by atomic mass is 32.2. The number of hydrogen-bond acceptors (Lipinski definition) is 2. The second kappa shape index (κ2) is 7.89. The van der Waals surface area contributed by atoms with Gasteiger partial charge in [-0.3, -0.25) is 4.79 Å². The summed E-state index contributed by atoms with van der Waals surface area (Å²) < 4.78 is 0. The van der Waals surface area contributed by atoms with Crippen LogP contribution in [0.15, 0.2) is 53.4 Å². The molecular formula is C21H25NOS. The van der Waals surface area contributed by atoms with Crippen LogP contribution >= 0.6 is 11.8 Å². The average Bonchev–Trinajstić information content (AvgIpc) is 2.62. The van der Waals surface area contributed by atoms with Crippen LogP contribution in [-0.4, -0.2) is 23.9 Å². The molecule has 1 heterocycles. The summed E-state index contributed by atoms with van der Waals surface area (Å²) in [6.07, 6.45) is 2.24. The van der Waals surface area contributed by atoms with Crippen molar-refractivity contribution in [1.29, 1.82) is 0 Å². The summed E-state index contributed by atoms with van der Waals surface area (Å²) in [6, 6.07) is 16.7. The number of thioether (sulfide) groups is 1. The smallest absolute Gasteiger partial charge is 0.253 e. The number of rotatable bonds is 4. The molecule has 0 atom stereocenters. The first-order valence-corrected chi connectivity index (χ1v) is 9.68. The minimum Gasteiger partial charge on any atom is -0.339 e. The van der Waals surface area contributed by atoms with E-state index in [0.717, 1.165) is 43.2 Å². The molecular weight excluding hydrogens is 314 g/mol. The number of aryl methyl sites for hydroxylation is 1. The molecule has 0 aromatic heterocycles. The molecule has 2 aromatic rings. The van der Waals surface area contributed by atoms with Crippen LogP contribution in [0.1, 0.15) is 41.3 Å². The summed E-state index contributed by atoms with van der Waals surface area (Å²) in [5.74, 6) is 1.86. The van der Waals surface area contributed by atoms with Crippen LogP contribution in [0.2, 0.25) is 0 Å².